The first-order chi connectivity index (χ1) is 9.85. The first-order valence-electron chi connectivity index (χ1n) is 6.40. The molecule has 1 unspecified atom stereocenters. The fraction of sp³-hybridized carbons (Fsp3) is 0.462. The number of benzene rings is 1. The monoisotopic (exact) mass is 306 g/mol. The second-order valence-corrected chi connectivity index (χ2v) is 4.68. The van der Waals surface area contributed by atoms with E-state index in [0.717, 1.165) is 31.5 Å². The molecule has 0 saturated carbocycles. The minimum atomic E-state index is -4.94. The van der Waals surface area contributed by atoms with Crippen molar-refractivity contribution in [1.82, 2.24) is 10.6 Å². The number of nitrogens with one attached hydrogen (secondary N) is 2. The van der Waals surface area contributed by atoms with Gasteiger partial charge in [-0.2, -0.15) is 0 Å². The van der Waals surface area contributed by atoms with E-state index in [0.29, 0.717) is 5.56 Å². The second-order valence-electron chi connectivity index (χ2n) is 4.68. The SMILES string of the molecule is O=C(NCc1ccc(OC(F)(F)F)c(F)c1)C1CCCN1. The van der Waals surface area contributed by atoms with Crippen LogP contribution in [-0.2, 0) is 11.3 Å². The fourth-order valence-corrected chi connectivity index (χ4v) is 2.08. The largest absolute Gasteiger partial charge is 0.573 e. The summed E-state index contributed by atoms with van der Waals surface area (Å²) < 4.78 is 53.0. The van der Waals surface area contributed by atoms with Gasteiger partial charge in [-0.15, -0.1) is 13.2 Å². The number of ether oxygens (including phenoxy) is 1. The average Bonchev–Trinajstić information content (AvgIpc) is 2.91. The van der Waals surface area contributed by atoms with Crippen molar-refractivity contribution >= 4 is 5.91 Å². The summed E-state index contributed by atoms with van der Waals surface area (Å²) in [7, 11) is 0. The van der Waals surface area contributed by atoms with Crippen molar-refractivity contribution in [2.45, 2.75) is 31.8 Å². The summed E-state index contributed by atoms with van der Waals surface area (Å²) in [6.07, 6.45) is -3.29. The Labute approximate surface area is 118 Å². The van der Waals surface area contributed by atoms with Gasteiger partial charge in [-0.05, 0) is 37.1 Å². The Kier molecular flexibility index (Phi) is 4.66. The maximum absolute atomic E-state index is 13.5. The molecule has 1 aliphatic rings. The summed E-state index contributed by atoms with van der Waals surface area (Å²) in [4.78, 5) is 11.7. The molecule has 1 aromatic carbocycles. The summed E-state index contributed by atoms with van der Waals surface area (Å²) in [6.45, 7) is 0.816. The molecule has 0 aromatic heterocycles. The third-order valence-corrected chi connectivity index (χ3v) is 3.07. The topological polar surface area (TPSA) is 50.4 Å². The number of rotatable bonds is 4. The van der Waals surface area contributed by atoms with E-state index in [1.165, 1.54) is 6.07 Å². The van der Waals surface area contributed by atoms with Crippen LogP contribution in [0.4, 0.5) is 17.6 Å². The molecule has 21 heavy (non-hydrogen) atoms. The molecule has 1 aromatic rings. The molecule has 116 valence electrons. The van der Waals surface area contributed by atoms with Gasteiger partial charge in [0.25, 0.3) is 0 Å². The van der Waals surface area contributed by atoms with E-state index in [1.807, 2.05) is 0 Å². The van der Waals surface area contributed by atoms with E-state index in [-0.39, 0.29) is 18.5 Å². The second kappa shape index (κ2) is 6.30. The van der Waals surface area contributed by atoms with Crippen LogP contribution in [0, 0.1) is 5.82 Å². The van der Waals surface area contributed by atoms with Crippen molar-refractivity contribution in [1.29, 1.82) is 0 Å². The lowest BCUT2D eigenvalue weighted by Crippen LogP contribution is -2.40. The molecule has 0 bridgehead atoms. The zero-order chi connectivity index (χ0) is 15.5. The highest BCUT2D eigenvalue weighted by molar-refractivity contribution is 5.81. The van der Waals surface area contributed by atoms with Crippen LogP contribution in [0.5, 0.6) is 5.75 Å². The van der Waals surface area contributed by atoms with Crippen molar-refractivity contribution in [3.63, 3.8) is 0 Å². The Morgan fingerprint density at radius 1 is 1.43 bits per heavy atom. The highest BCUT2D eigenvalue weighted by atomic mass is 19.4. The van der Waals surface area contributed by atoms with Crippen LogP contribution in [0.3, 0.4) is 0 Å². The first kappa shape index (κ1) is 15.6. The van der Waals surface area contributed by atoms with Crippen molar-refractivity contribution in [3.8, 4) is 5.75 Å². The normalized spacial score (nSPS) is 18.6. The van der Waals surface area contributed by atoms with Crippen LogP contribution >= 0.6 is 0 Å². The molecule has 1 amide bonds. The molecule has 0 aliphatic carbocycles. The summed E-state index contributed by atoms with van der Waals surface area (Å²) >= 11 is 0. The van der Waals surface area contributed by atoms with Crippen LogP contribution in [0.25, 0.3) is 0 Å². The van der Waals surface area contributed by atoms with Gasteiger partial charge < -0.3 is 15.4 Å². The zero-order valence-electron chi connectivity index (χ0n) is 11.0. The predicted molar refractivity (Wildman–Crippen MR) is 66.0 cm³/mol. The molecule has 1 atom stereocenters. The van der Waals surface area contributed by atoms with E-state index in [4.69, 9.17) is 0 Å². The number of carbonyl (C=O) groups is 1. The third-order valence-electron chi connectivity index (χ3n) is 3.07. The van der Waals surface area contributed by atoms with Gasteiger partial charge in [0, 0.05) is 6.54 Å². The quantitative estimate of drug-likeness (QED) is 0.838. The molecule has 1 saturated heterocycles. The summed E-state index contributed by atoms with van der Waals surface area (Å²) in [5, 5.41) is 5.61. The number of halogens is 4. The molecule has 4 nitrogen and oxygen atoms in total. The maximum Gasteiger partial charge on any atom is 0.573 e. The van der Waals surface area contributed by atoms with Crippen LogP contribution in [0.2, 0.25) is 0 Å². The highest BCUT2D eigenvalue weighted by Crippen LogP contribution is 2.26. The fourth-order valence-electron chi connectivity index (χ4n) is 2.08. The number of alkyl halides is 3. The highest BCUT2D eigenvalue weighted by Gasteiger charge is 2.32. The van der Waals surface area contributed by atoms with Gasteiger partial charge in [0.2, 0.25) is 5.91 Å². The smallest absolute Gasteiger partial charge is 0.403 e. The van der Waals surface area contributed by atoms with E-state index in [9.17, 15) is 22.4 Å². The Morgan fingerprint density at radius 3 is 2.76 bits per heavy atom. The van der Waals surface area contributed by atoms with Crippen LogP contribution in [-0.4, -0.2) is 24.9 Å². The average molecular weight is 306 g/mol. The van der Waals surface area contributed by atoms with Gasteiger partial charge in [-0.25, -0.2) is 4.39 Å². The molecular formula is C13H14F4N2O2. The van der Waals surface area contributed by atoms with Gasteiger partial charge in [-0.3, -0.25) is 4.79 Å². The molecule has 0 spiro atoms. The molecule has 2 N–H and O–H groups in total. The van der Waals surface area contributed by atoms with Crippen LogP contribution in [0.15, 0.2) is 18.2 Å². The molecule has 1 fully saturated rings. The summed E-state index contributed by atoms with van der Waals surface area (Å²) in [5.74, 6) is -2.23. The Morgan fingerprint density at radius 2 is 2.19 bits per heavy atom. The molecule has 8 heteroatoms. The van der Waals surface area contributed by atoms with Gasteiger partial charge >= 0.3 is 6.36 Å². The maximum atomic E-state index is 13.5. The standard InChI is InChI=1S/C13H14F4N2O2/c14-9-6-8(3-4-11(9)21-13(15,16)17)7-19-12(20)10-2-1-5-18-10/h3-4,6,10,18H,1-2,5,7H2,(H,19,20). The summed E-state index contributed by atoms with van der Waals surface area (Å²) in [5.41, 5.74) is 0.355. The Balaban J connectivity index is 1.92. The third kappa shape index (κ3) is 4.59. The molecule has 0 radical (unpaired) electrons. The van der Waals surface area contributed by atoms with Crippen molar-refractivity contribution in [2.24, 2.45) is 0 Å². The predicted octanol–water partition coefficient (Wildman–Crippen LogP) is 2.09. The number of amides is 1. The zero-order valence-corrected chi connectivity index (χ0v) is 11.0. The lowest BCUT2D eigenvalue weighted by atomic mass is 10.2. The molecule has 1 heterocycles. The molecular weight excluding hydrogens is 292 g/mol. The van der Waals surface area contributed by atoms with Crippen molar-refractivity contribution in [2.75, 3.05) is 6.54 Å². The van der Waals surface area contributed by atoms with E-state index in [2.05, 4.69) is 15.4 Å². The lowest BCUT2D eigenvalue weighted by molar-refractivity contribution is -0.275. The van der Waals surface area contributed by atoms with Crippen LogP contribution < -0.4 is 15.4 Å². The van der Waals surface area contributed by atoms with Crippen molar-refractivity contribution in [3.05, 3.63) is 29.6 Å². The van der Waals surface area contributed by atoms with Gasteiger partial charge in [0.15, 0.2) is 11.6 Å². The van der Waals surface area contributed by atoms with Gasteiger partial charge in [0.1, 0.15) is 0 Å². The minimum absolute atomic E-state index is 0.0419. The Bertz CT molecular complexity index is 513. The lowest BCUT2D eigenvalue weighted by Gasteiger charge is -2.12. The minimum Gasteiger partial charge on any atom is -0.403 e. The van der Waals surface area contributed by atoms with E-state index < -0.39 is 17.9 Å². The first-order valence-corrected chi connectivity index (χ1v) is 6.40. The van der Waals surface area contributed by atoms with E-state index >= 15 is 0 Å². The summed E-state index contributed by atoms with van der Waals surface area (Å²) in [6, 6.07) is 2.80. The van der Waals surface area contributed by atoms with Crippen molar-refractivity contribution < 1.29 is 27.1 Å². The van der Waals surface area contributed by atoms with Gasteiger partial charge in [-0.1, -0.05) is 6.07 Å². The van der Waals surface area contributed by atoms with Gasteiger partial charge in [0.05, 0.1) is 6.04 Å². The Hall–Kier alpha value is -1.83. The molecule has 1 aliphatic heterocycles. The number of hydrogen-bond acceptors (Lipinski definition) is 3. The molecule has 2 rings (SSSR count). The number of carbonyl (C=O) groups excluding carboxylic acids is 1. The van der Waals surface area contributed by atoms with Crippen LogP contribution in [0.1, 0.15) is 18.4 Å². The number of hydrogen-bond donors (Lipinski definition) is 2. The van der Waals surface area contributed by atoms with E-state index in [1.54, 1.807) is 0 Å².